The minimum absolute atomic E-state index is 0.111. The average molecular weight is 268 g/mol. The van der Waals surface area contributed by atoms with Crippen LogP contribution in [0, 0.1) is 5.41 Å². The van der Waals surface area contributed by atoms with Crippen LogP contribution < -0.4 is 11.1 Å². The Morgan fingerprint density at radius 2 is 1.44 bits per heavy atom. The molecule has 3 N–H and O–H groups in total. The van der Waals surface area contributed by atoms with Gasteiger partial charge in [0, 0.05) is 5.54 Å². The second-order valence-corrected chi connectivity index (χ2v) is 6.78. The van der Waals surface area contributed by atoms with Crippen molar-refractivity contribution < 1.29 is 18.0 Å². The zero-order valence-electron chi connectivity index (χ0n) is 11.8. The molecule has 0 radical (unpaired) electrons. The quantitative estimate of drug-likeness (QED) is 0.826. The Balaban J connectivity index is 4.87. The van der Waals surface area contributed by atoms with Crippen LogP contribution in [0.1, 0.15) is 48.0 Å². The van der Waals surface area contributed by atoms with Gasteiger partial charge in [-0.3, -0.25) is 4.79 Å². The Kier molecular flexibility index (Phi) is 4.51. The number of rotatable bonds is 3. The molecular weight excluding hydrogens is 245 g/mol. The summed E-state index contributed by atoms with van der Waals surface area (Å²) in [5, 5.41) is 2.38. The lowest BCUT2D eigenvalue weighted by atomic mass is 9.81. The number of halogens is 3. The number of carbonyl (C=O) groups excluding carboxylic acids is 1. The van der Waals surface area contributed by atoms with E-state index < -0.39 is 23.2 Å². The van der Waals surface area contributed by atoms with Crippen LogP contribution in [-0.4, -0.2) is 23.2 Å². The molecule has 0 bridgehead atoms. The van der Waals surface area contributed by atoms with E-state index in [1.165, 1.54) is 0 Å². The van der Waals surface area contributed by atoms with Crippen LogP contribution >= 0.6 is 0 Å². The molecule has 0 spiro atoms. The first-order valence-electron chi connectivity index (χ1n) is 5.77. The summed E-state index contributed by atoms with van der Waals surface area (Å²) in [6.07, 6.45) is -4.23. The van der Waals surface area contributed by atoms with Gasteiger partial charge in [-0.25, -0.2) is 0 Å². The predicted molar refractivity (Wildman–Crippen MR) is 64.9 cm³/mol. The molecule has 0 aliphatic heterocycles. The van der Waals surface area contributed by atoms with Crippen molar-refractivity contribution in [2.45, 2.75) is 65.2 Å². The molecule has 0 aliphatic rings. The van der Waals surface area contributed by atoms with Crippen molar-refractivity contribution in [2.75, 3.05) is 0 Å². The summed E-state index contributed by atoms with van der Waals surface area (Å²) in [7, 11) is 0. The molecule has 18 heavy (non-hydrogen) atoms. The van der Waals surface area contributed by atoms with Gasteiger partial charge < -0.3 is 11.1 Å². The Hall–Kier alpha value is -0.780. The summed E-state index contributed by atoms with van der Waals surface area (Å²) in [6, 6.07) is 0. The first-order chi connectivity index (χ1) is 7.58. The van der Waals surface area contributed by atoms with Crippen LogP contribution in [-0.2, 0) is 4.79 Å². The van der Waals surface area contributed by atoms with Crippen LogP contribution in [0.3, 0.4) is 0 Å². The average Bonchev–Trinajstić information content (AvgIpc) is 1.94. The van der Waals surface area contributed by atoms with Crippen LogP contribution in [0.25, 0.3) is 0 Å². The van der Waals surface area contributed by atoms with Crippen molar-refractivity contribution in [2.24, 2.45) is 11.1 Å². The maximum Gasteiger partial charge on any atom is 0.415 e. The first kappa shape index (κ1) is 17.2. The van der Waals surface area contributed by atoms with E-state index in [0.717, 1.165) is 0 Å². The molecule has 0 heterocycles. The third-order valence-electron chi connectivity index (χ3n) is 2.48. The summed E-state index contributed by atoms with van der Waals surface area (Å²) in [4.78, 5) is 11.7. The summed E-state index contributed by atoms with van der Waals surface area (Å²) in [6.45, 7) is 9.89. The standard InChI is InChI=1S/C12H23F3N2O/c1-9(2,3)7-10(4,5)17-8(18)11(6,16)12(13,14)15/h7,16H2,1-6H3,(H,17,18). The van der Waals surface area contributed by atoms with E-state index in [1.807, 2.05) is 20.8 Å². The zero-order valence-corrected chi connectivity index (χ0v) is 11.8. The van der Waals surface area contributed by atoms with E-state index >= 15 is 0 Å². The number of carbonyl (C=O) groups is 1. The van der Waals surface area contributed by atoms with Gasteiger partial charge >= 0.3 is 6.18 Å². The molecule has 0 saturated carbocycles. The maximum absolute atomic E-state index is 12.6. The fourth-order valence-electron chi connectivity index (χ4n) is 1.94. The number of nitrogens with one attached hydrogen (secondary N) is 1. The molecule has 0 aromatic heterocycles. The van der Waals surface area contributed by atoms with Crippen molar-refractivity contribution >= 4 is 5.91 Å². The lowest BCUT2D eigenvalue weighted by Gasteiger charge is -2.36. The minimum Gasteiger partial charge on any atom is -0.349 e. The van der Waals surface area contributed by atoms with Crippen molar-refractivity contribution in [3.63, 3.8) is 0 Å². The largest absolute Gasteiger partial charge is 0.415 e. The van der Waals surface area contributed by atoms with Crippen LogP contribution in [0.2, 0.25) is 0 Å². The van der Waals surface area contributed by atoms with E-state index in [2.05, 4.69) is 5.32 Å². The first-order valence-corrected chi connectivity index (χ1v) is 5.77. The van der Waals surface area contributed by atoms with Crippen molar-refractivity contribution in [1.29, 1.82) is 0 Å². The lowest BCUT2D eigenvalue weighted by molar-refractivity contribution is -0.188. The van der Waals surface area contributed by atoms with Gasteiger partial charge in [-0.05, 0) is 32.6 Å². The van der Waals surface area contributed by atoms with Gasteiger partial charge in [-0.1, -0.05) is 20.8 Å². The van der Waals surface area contributed by atoms with Gasteiger partial charge in [0.1, 0.15) is 0 Å². The zero-order chi connectivity index (χ0) is 15.0. The van der Waals surface area contributed by atoms with Crippen molar-refractivity contribution in [1.82, 2.24) is 5.32 Å². The molecule has 0 aromatic rings. The Labute approximate surface area is 106 Å². The Morgan fingerprint density at radius 3 is 1.72 bits per heavy atom. The number of hydrogen-bond acceptors (Lipinski definition) is 2. The second kappa shape index (κ2) is 4.72. The third kappa shape index (κ3) is 4.84. The molecule has 0 saturated heterocycles. The fraction of sp³-hybridized carbons (Fsp3) is 0.917. The van der Waals surface area contributed by atoms with Gasteiger partial charge in [-0.15, -0.1) is 0 Å². The van der Waals surface area contributed by atoms with Gasteiger partial charge in [0.25, 0.3) is 0 Å². The second-order valence-electron chi connectivity index (χ2n) is 6.78. The van der Waals surface area contributed by atoms with E-state index in [-0.39, 0.29) is 5.41 Å². The topological polar surface area (TPSA) is 55.1 Å². The molecule has 6 heteroatoms. The molecule has 3 nitrogen and oxygen atoms in total. The smallest absolute Gasteiger partial charge is 0.349 e. The highest BCUT2D eigenvalue weighted by Crippen LogP contribution is 2.31. The summed E-state index contributed by atoms with van der Waals surface area (Å²) in [5.41, 5.74) is 1.34. The summed E-state index contributed by atoms with van der Waals surface area (Å²) < 4.78 is 37.8. The van der Waals surface area contributed by atoms with Crippen molar-refractivity contribution in [3.8, 4) is 0 Å². The molecule has 0 aromatic carbocycles. The highest BCUT2D eigenvalue weighted by atomic mass is 19.4. The van der Waals surface area contributed by atoms with E-state index in [1.54, 1.807) is 13.8 Å². The number of nitrogens with two attached hydrogens (primary N) is 1. The number of amides is 1. The Morgan fingerprint density at radius 1 is 1.06 bits per heavy atom. The third-order valence-corrected chi connectivity index (χ3v) is 2.48. The van der Waals surface area contributed by atoms with Gasteiger partial charge in [0.2, 0.25) is 5.91 Å². The maximum atomic E-state index is 12.6. The molecular formula is C12H23F3N2O. The molecule has 0 aliphatic carbocycles. The predicted octanol–water partition coefficient (Wildman–Crippen LogP) is 2.60. The van der Waals surface area contributed by atoms with Crippen LogP contribution in [0.4, 0.5) is 13.2 Å². The van der Waals surface area contributed by atoms with E-state index in [0.29, 0.717) is 13.3 Å². The van der Waals surface area contributed by atoms with Gasteiger partial charge in [0.05, 0.1) is 0 Å². The summed E-state index contributed by atoms with van der Waals surface area (Å²) in [5.74, 6) is -1.20. The van der Waals surface area contributed by atoms with Crippen LogP contribution in [0.15, 0.2) is 0 Å². The highest BCUT2D eigenvalue weighted by Gasteiger charge is 2.54. The SMILES string of the molecule is CC(C)(C)CC(C)(C)NC(=O)C(C)(N)C(F)(F)F. The van der Waals surface area contributed by atoms with Crippen LogP contribution in [0.5, 0.6) is 0 Å². The Bertz CT molecular complexity index is 314. The fourth-order valence-corrected chi connectivity index (χ4v) is 1.94. The molecule has 1 atom stereocenters. The summed E-state index contributed by atoms with van der Waals surface area (Å²) >= 11 is 0. The van der Waals surface area contributed by atoms with Gasteiger partial charge in [-0.2, -0.15) is 13.2 Å². The molecule has 1 amide bonds. The molecule has 0 fully saturated rings. The van der Waals surface area contributed by atoms with Crippen molar-refractivity contribution in [3.05, 3.63) is 0 Å². The minimum atomic E-state index is -4.77. The number of alkyl halides is 3. The normalized spacial score (nSPS) is 17.2. The number of hydrogen-bond donors (Lipinski definition) is 2. The molecule has 0 rings (SSSR count). The monoisotopic (exact) mass is 268 g/mol. The molecule has 108 valence electrons. The molecule has 1 unspecified atom stereocenters. The van der Waals surface area contributed by atoms with E-state index in [4.69, 9.17) is 5.73 Å². The highest BCUT2D eigenvalue weighted by molar-refractivity contribution is 5.87. The van der Waals surface area contributed by atoms with Gasteiger partial charge in [0.15, 0.2) is 5.54 Å². The lowest BCUT2D eigenvalue weighted by Crippen LogP contribution is -2.64. The van der Waals surface area contributed by atoms with E-state index in [9.17, 15) is 18.0 Å².